The van der Waals surface area contributed by atoms with Crippen molar-refractivity contribution in [3.8, 4) is 0 Å². The molecule has 2 aliphatic rings. The Labute approximate surface area is 177 Å². The SMILES string of the molecule is CN(C)c1cccc(C(=O)N2CC[C@@]3(CCCN(Cc4ccc(F)c(F)c4)C3)C2)c1. The highest BCUT2D eigenvalue weighted by Crippen LogP contribution is 2.40. The predicted molar refractivity (Wildman–Crippen MR) is 115 cm³/mol. The van der Waals surface area contributed by atoms with E-state index in [0.717, 1.165) is 62.3 Å². The molecule has 2 aliphatic heterocycles. The second-order valence-corrected chi connectivity index (χ2v) is 8.98. The highest BCUT2D eigenvalue weighted by molar-refractivity contribution is 5.95. The molecule has 160 valence electrons. The number of nitrogens with zero attached hydrogens (tertiary/aromatic N) is 3. The first-order valence-corrected chi connectivity index (χ1v) is 10.6. The minimum atomic E-state index is -0.808. The number of hydrogen-bond donors (Lipinski definition) is 0. The molecule has 0 saturated carbocycles. The van der Waals surface area contributed by atoms with Gasteiger partial charge in [-0.3, -0.25) is 9.69 Å². The lowest BCUT2D eigenvalue weighted by Gasteiger charge is -2.40. The molecule has 0 aliphatic carbocycles. The van der Waals surface area contributed by atoms with Crippen molar-refractivity contribution in [1.82, 2.24) is 9.80 Å². The van der Waals surface area contributed by atoms with Gasteiger partial charge in [0.1, 0.15) is 0 Å². The minimum absolute atomic E-state index is 0.0889. The maximum Gasteiger partial charge on any atom is 0.253 e. The molecule has 2 heterocycles. The van der Waals surface area contributed by atoms with Crippen LogP contribution in [0.5, 0.6) is 0 Å². The fourth-order valence-corrected chi connectivity index (χ4v) is 4.88. The molecule has 0 unspecified atom stereocenters. The van der Waals surface area contributed by atoms with Crippen LogP contribution in [0.1, 0.15) is 35.2 Å². The third-order valence-corrected chi connectivity index (χ3v) is 6.47. The van der Waals surface area contributed by atoms with Gasteiger partial charge in [-0.15, -0.1) is 0 Å². The first-order chi connectivity index (χ1) is 14.3. The summed E-state index contributed by atoms with van der Waals surface area (Å²) in [6.45, 7) is 3.96. The van der Waals surface area contributed by atoms with E-state index in [1.807, 2.05) is 48.2 Å². The van der Waals surface area contributed by atoms with Crippen molar-refractivity contribution in [3.05, 3.63) is 65.2 Å². The van der Waals surface area contributed by atoms with E-state index < -0.39 is 11.6 Å². The zero-order valence-corrected chi connectivity index (χ0v) is 17.7. The standard InChI is InChI=1S/C24H29F2N3O/c1-27(2)20-6-3-5-19(14-20)23(30)29-12-10-24(17-29)9-4-11-28(16-24)15-18-7-8-21(25)22(26)13-18/h3,5-8,13-14H,4,9-12,15-17H2,1-2H3/t24-/m1/s1. The Kier molecular flexibility index (Phi) is 5.78. The van der Waals surface area contributed by atoms with E-state index in [9.17, 15) is 13.6 Å². The highest BCUT2D eigenvalue weighted by Gasteiger charge is 2.42. The van der Waals surface area contributed by atoms with Gasteiger partial charge in [-0.25, -0.2) is 8.78 Å². The topological polar surface area (TPSA) is 26.8 Å². The van der Waals surface area contributed by atoms with Gasteiger partial charge in [-0.1, -0.05) is 12.1 Å². The van der Waals surface area contributed by atoms with Gasteiger partial charge in [0.25, 0.3) is 5.91 Å². The quantitative estimate of drug-likeness (QED) is 0.753. The second-order valence-electron chi connectivity index (χ2n) is 8.98. The van der Waals surface area contributed by atoms with Crippen LogP contribution in [0, 0.1) is 17.0 Å². The average molecular weight is 414 g/mol. The number of carbonyl (C=O) groups is 1. The summed E-state index contributed by atoms with van der Waals surface area (Å²) in [4.78, 5) is 19.4. The highest BCUT2D eigenvalue weighted by atomic mass is 19.2. The Morgan fingerprint density at radius 2 is 1.87 bits per heavy atom. The van der Waals surface area contributed by atoms with Crippen molar-refractivity contribution < 1.29 is 13.6 Å². The third kappa shape index (κ3) is 4.33. The maximum atomic E-state index is 13.6. The first-order valence-electron chi connectivity index (χ1n) is 10.6. The molecule has 1 spiro atoms. The van der Waals surface area contributed by atoms with Crippen LogP contribution in [-0.4, -0.2) is 56.0 Å². The summed E-state index contributed by atoms with van der Waals surface area (Å²) < 4.78 is 26.8. The summed E-state index contributed by atoms with van der Waals surface area (Å²) in [6.07, 6.45) is 3.14. The Morgan fingerprint density at radius 1 is 1.03 bits per heavy atom. The van der Waals surface area contributed by atoms with Gasteiger partial charge in [0.05, 0.1) is 0 Å². The molecule has 2 aromatic rings. The molecule has 0 aromatic heterocycles. The van der Waals surface area contributed by atoms with E-state index in [2.05, 4.69) is 4.90 Å². The molecule has 0 radical (unpaired) electrons. The molecule has 1 atom stereocenters. The van der Waals surface area contributed by atoms with Crippen molar-refractivity contribution in [1.29, 1.82) is 0 Å². The second kappa shape index (κ2) is 8.34. The number of likely N-dealkylation sites (tertiary alicyclic amines) is 2. The number of anilines is 1. The van der Waals surface area contributed by atoms with Crippen LogP contribution < -0.4 is 4.90 Å². The van der Waals surface area contributed by atoms with E-state index in [1.165, 1.54) is 12.1 Å². The molecule has 2 saturated heterocycles. The minimum Gasteiger partial charge on any atom is -0.378 e. The van der Waals surface area contributed by atoms with Crippen LogP contribution in [0.4, 0.5) is 14.5 Å². The molecule has 1 amide bonds. The fraction of sp³-hybridized carbons (Fsp3) is 0.458. The molecule has 2 aromatic carbocycles. The molecular weight excluding hydrogens is 384 g/mol. The number of amides is 1. The smallest absolute Gasteiger partial charge is 0.253 e. The Balaban J connectivity index is 1.42. The van der Waals surface area contributed by atoms with Gasteiger partial charge in [-0.05, 0) is 61.7 Å². The molecule has 0 bridgehead atoms. The molecule has 0 N–H and O–H groups in total. The van der Waals surface area contributed by atoms with Crippen molar-refractivity contribution >= 4 is 11.6 Å². The van der Waals surface area contributed by atoms with Crippen LogP contribution in [0.25, 0.3) is 0 Å². The van der Waals surface area contributed by atoms with Crippen molar-refractivity contribution in [2.75, 3.05) is 45.2 Å². The molecule has 4 nitrogen and oxygen atoms in total. The van der Waals surface area contributed by atoms with Crippen LogP contribution >= 0.6 is 0 Å². The molecule has 2 fully saturated rings. The monoisotopic (exact) mass is 413 g/mol. The van der Waals surface area contributed by atoms with Crippen molar-refractivity contribution in [3.63, 3.8) is 0 Å². The molecule has 6 heteroatoms. The van der Waals surface area contributed by atoms with E-state index in [-0.39, 0.29) is 11.3 Å². The van der Waals surface area contributed by atoms with Crippen LogP contribution in [-0.2, 0) is 6.54 Å². The number of piperidine rings is 1. The first kappa shape index (κ1) is 20.8. The van der Waals surface area contributed by atoms with Gasteiger partial charge in [-0.2, -0.15) is 0 Å². The number of carbonyl (C=O) groups excluding carboxylic acids is 1. The number of halogens is 2. The van der Waals surface area contributed by atoms with Crippen molar-refractivity contribution in [2.24, 2.45) is 5.41 Å². The fourth-order valence-electron chi connectivity index (χ4n) is 4.88. The van der Waals surface area contributed by atoms with Crippen LogP contribution in [0.15, 0.2) is 42.5 Å². The largest absolute Gasteiger partial charge is 0.378 e. The summed E-state index contributed by atoms with van der Waals surface area (Å²) in [6, 6.07) is 11.9. The lowest BCUT2D eigenvalue weighted by atomic mass is 9.79. The lowest BCUT2D eigenvalue weighted by molar-refractivity contribution is 0.0675. The summed E-state index contributed by atoms with van der Waals surface area (Å²) in [7, 11) is 3.94. The van der Waals surface area contributed by atoms with E-state index in [0.29, 0.717) is 6.54 Å². The van der Waals surface area contributed by atoms with Gasteiger partial charge in [0.15, 0.2) is 11.6 Å². The van der Waals surface area contributed by atoms with Crippen LogP contribution in [0.3, 0.4) is 0 Å². The zero-order valence-electron chi connectivity index (χ0n) is 17.7. The van der Waals surface area contributed by atoms with Gasteiger partial charge in [0, 0.05) is 56.9 Å². The normalized spacial score (nSPS) is 21.9. The van der Waals surface area contributed by atoms with E-state index in [4.69, 9.17) is 0 Å². The van der Waals surface area contributed by atoms with E-state index in [1.54, 1.807) is 6.07 Å². The Morgan fingerprint density at radius 3 is 2.63 bits per heavy atom. The van der Waals surface area contributed by atoms with Crippen molar-refractivity contribution in [2.45, 2.75) is 25.8 Å². The summed E-state index contributed by atoms with van der Waals surface area (Å²) in [5.41, 5.74) is 2.63. The van der Waals surface area contributed by atoms with Gasteiger partial charge in [0.2, 0.25) is 0 Å². The van der Waals surface area contributed by atoms with E-state index >= 15 is 0 Å². The molecule has 4 rings (SSSR count). The average Bonchev–Trinajstić information content (AvgIpc) is 3.13. The summed E-state index contributed by atoms with van der Waals surface area (Å²) in [5.74, 6) is -1.51. The summed E-state index contributed by atoms with van der Waals surface area (Å²) in [5, 5.41) is 0. The number of benzene rings is 2. The predicted octanol–water partition coefficient (Wildman–Crippen LogP) is 4.16. The molecule has 30 heavy (non-hydrogen) atoms. The Bertz CT molecular complexity index is 932. The third-order valence-electron chi connectivity index (χ3n) is 6.47. The van der Waals surface area contributed by atoms with Gasteiger partial charge < -0.3 is 9.80 Å². The lowest BCUT2D eigenvalue weighted by Crippen LogP contribution is -2.45. The Hall–Kier alpha value is -2.47. The maximum absolute atomic E-state index is 13.6. The zero-order chi connectivity index (χ0) is 21.3. The summed E-state index contributed by atoms with van der Waals surface area (Å²) >= 11 is 0. The van der Waals surface area contributed by atoms with Crippen LogP contribution in [0.2, 0.25) is 0 Å². The number of rotatable bonds is 4. The number of hydrogen-bond acceptors (Lipinski definition) is 3. The van der Waals surface area contributed by atoms with Gasteiger partial charge >= 0.3 is 0 Å². The molecular formula is C24H29F2N3O.